The van der Waals surface area contributed by atoms with Gasteiger partial charge in [-0.3, -0.25) is 37.3 Å². The Morgan fingerprint density at radius 3 is 0.787 bits per heavy atom. The number of unbranched alkanes of at least 4 members (excludes halogenated alkanes) is 10. The summed E-state index contributed by atoms with van der Waals surface area (Å²) in [5.74, 6) is -2.42. The Hall–Kier alpha value is -6.62. The van der Waals surface area contributed by atoms with Gasteiger partial charge in [-0.05, 0) is 173 Å². The van der Waals surface area contributed by atoms with Gasteiger partial charge in [0.15, 0.2) is 12.2 Å². The molecule has 0 aliphatic carbocycles. The third kappa shape index (κ3) is 77.5. The zero-order chi connectivity index (χ0) is 78.9. The third-order valence-electron chi connectivity index (χ3n) is 15.4. The fraction of sp³-hybridized carbons (Fsp3) is 0.551. The third-order valence-corrected chi connectivity index (χ3v) is 17.3. The standard InChI is InChI=1S/C89H138O17P2/c1-5-9-13-17-21-25-29-33-37-40-41-44-47-50-54-58-62-66-70-74-87(92)100-80-85(106-89(94)76-72-68-64-60-56-52-48-43-39-35-31-27-23-19-15-11-7-3)82-104-108(97,98)102-78-83(90)77-101-107(95,96)103-81-84(105-88(93)75-71-67-63-59-55-51-45-36-32-28-24-20-16-12-8-4)79-99-86(91)73-69-65-61-57-53-49-46-42-38-34-30-26-22-18-14-10-6-2/h9-16,21-28,33-39,41,44-46,48-50,52,54,60,62,64,66,83-85,90H,5-8,17-20,29-32,40,42-43,47,51,53,55-59,61,63,65,67-82H2,1-4H3,(H,95,96)(H,97,98)/b13-9-,14-10-,15-11-,16-12-,25-21-,26-22-,27-23-,28-24-,37-33-,38-34-,39-35-,44-41-,45-36-,49-46-,52-48-,54-50-,64-60-,66-62-. The topological polar surface area (TPSA) is 237 Å². The summed E-state index contributed by atoms with van der Waals surface area (Å²) in [6, 6.07) is 0. The molecule has 0 aromatic rings. The Labute approximate surface area is 651 Å². The zero-order valence-electron chi connectivity index (χ0n) is 66.2. The van der Waals surface area contributed by atoms with Gasteiger partial charge in [0, 0.05) is 25.7 Å². The van der Waals surface area contributed by atoms with Crippen molar-refractivity contribution in [3.63, 3.8) is 0 Å². The molecule has 0 aliphatic heterocycles. The number of phosphoric ester groups is 2. The molecule has 19 heteroatoms. The second kappa shape index (κ2) is 78.5. The largest absolute Gasteiger partial charge is 0.472 e. The first kappa shape index (κ1) is 101. The number of esters is 4. The molecule has 3 N–H and O–H groups in total. The first-order valence-electron chi connectivity index (χ1n) is 40.0. The second-order valence-electron chi connectivity index (χ2n) is 25.5. The van der Waals surface area contributed by atoms with Gasteiger partial charge in [-0.1, -0.05) is 279 Å². The van der Waals surface area contributed by atoms with E-state index in [0.29, 0.717) is 38.5 Å². The van der Waals surface area contributed by atoms with Crippen LogP contribution in [0.4, 0.5) is 0 Å². The minimum Gasteiger partial charge on any atom is -0.462 e. The molecular weight excluding hydrogens is 1400 g/mol. The minimum absolute atomic E-state index is 0.00998. The number of aliphatic hydroxyl groups is 1. The molecule has 0 aromatic heterocycles. The lowest BCUT2D eigenvalue weighted by Crippen LogP contribution is -2.30. The number of rotatable bonds is 72. The summed E-state index contributed by atoms with van der Waals surface area (Å²) < 4.78 is 68.5. The van der Waals surface area contributed by atoms with E-state index in [4.69, 9.17) is 37.0 Å². The van der Waals surface area contributed by atoms with Crippen LogP contribution in [0.25, 0.3) is 0 Å². The molecule has 0 radical (unpaired) electrons. The van der Waals surface area contributed by atoms with E-state index < -0.39 is 97.5 Å². The molecule has 5 unspecified atom stereocenters. The van der Waals surface area contributed by atoms with Gasteiger partial charge < -0.3 is 33.8 Å². The predicted molar refractivity (Wildman–Crippen MR) is 445 cm³/mol. The van der Waals surface area contributed by atoms with Crippen molar-refractivity contribution in [2.24, 2.45) is 0 Å². The van der Waals surface area contributed by atoms with Gasteiger partial charge >= 0.3 is 39.5 Å². The van der Waals surface area contributed by atoms with Crippen LogP contribution in [0.3, 0.4) is 0 Å². The van der Waals surface area contributed by atoms with Crippen molar-refractivity contribution >= 4 is 39.5 Å². The average molecular weight is 1540 g/mol. The summed E-state index contributed by atoms with van der Waals surface area (Å²) in [4.78, 5) is 73.0. The van der Waals surface area contributed by atoms with Crippen molar-refractivity contribution < 1.29 is 80.2 Å². The molecule has 5 atom stereocenters. The molecule has 0 aliphatic rings. The van der Waals surface area contributed by atoms with Crippen LogP contribution in [0.1, 0.15) is 259 Å². The number of ether oxygens (including phenoxy) is 4. The molecule has 606 valence electrons. The highest BCUT2D eigenvalue weighted by molar-refractivity contribution is 7.47. The summed E-state index contributed by atoms with van der Waals surface area (Å²) in [6.07, 6.45) is 99.4. The molecule has 0 fully saturated rings. The second-order valence-corrected chi connectivity index (χ2v) is 28.4. The van der Waals surface area contributed by atoms with Gasteiger partial charge in [0.2, 0.25) is 0 Å². The number of carbonyl (C=O) groups excluding carboxylic acids is 4. The number of aliphatic hydroxyl groups excluding tert-OH is 1. The van der Waals surface area contributed by atoms with Crippen molar-refractivity contribution in [1.29, 1.82) is 0 Å². The highest BCUT2D eigenvalue weighted by Crippen LogP contribution is 2.45. The van der Waals surface area contributed by atoms with E-state index >= 15 is 0 Å². The fourth-order valence-corrected chi connectivity index (χ4v) is 11.1. The van der Waals surface area contributed by atoms with Crippen LogP contribution < -0.4 is 0 Å². The van der Waals surface area contributed by atoms with Gasteiger partial charge in [-0.25, -0.2) is 9.13 Å². The molecule has 0 saturated heterocycles. The maximum atomic E-state index is 13.1. The van der Waals surface area contributed by atoms with Gasteiger partial charge in [-0.15, -0.1) is 0 Å². The van der Waals surface area contributed by atoms with E-state index in [9.17, 15) is 43.2 Å². The summed E-state index contributed by atoms with van der Waals surface area (Å²) in [7, 11) is -10.0. The van der Waals surface area contributed by atoms with E-state index in [1.807, 2.05) is 30.4 Å². The van der Waals surface area contributed by atoms with Gasteiger partial charge in [0.05, 0.1) is 26.4 Å². The Balaban J connectivity index is 5.56. The van der Waals surface area contributed by atoms with Gasteiger partial charge in [-0.2, -0.15) is 0 Å². The Morgan fingerprint density at radius 1 is 0.259 bits per heavy atom. The molecule has 0 aromatic carbocycles. The van der Waals surface area contributed by atoms with Crippen molar-refractivity contribution in [3.05, 3.63) is 219 Å². The Morgan fingerprint density at radius 2 is 0.481 bits per heavy atom. The van der Waals surface area contributed by atoms with Crippen molar-refractivity contribution in [2.75, 3.05) is 39.6 Å². The van der Waals surface area contributed by atoms with Crippen LogP contribution in [0.2, 0.25) is 0 Å². The van der Waals surface area contributed by atoms with Crippen LogP contribution in [0.5, 0.6) is 0 Å². The SMILES string of the molecule is CC/C=C\C/C=C\C/C=C\C/C=C\C/C=C\C/C=C\CCC(=O)OCC(COP(=O)(O)OCC(O)COP(=O)(O)OCC(COC(=O)CCCCCC/C=C\C/C=C\C/C=C\C/C=C\CC)OC(=O)CCCCCCC/C=C\C/C=C\C/C=C\CC)OC(=O)CCC/C=C\C/C=C\C/C=C\C/C=C\C/C=C\CC. The molecular formula is C89H138O17P2. The summed E-state index contributed by atoms with van der Waals surface area (Å²) in [6.45, 7) is 4.18. The van der Waals surface area contributed by atoms with E-state index in [0.717, 1.165) is 167 Å². The van der Waals surface area contributed by atoms with Gasteiger partial charge in [0.1, 0.15) is 19.3 Å². The average Bonchev–Trinajstić information content (AvgIpc) is 0.906. The highest BCUT2D eigenvalue weighted by atomic mass is 31.2. The monoisotopic (exact) mass is 1540 g/mol. The predicted octanol–water partition coefficient (Wildman–Crippen LogP) is 23.7. The number of carbonyl (C=O) groups is 4. The van der Waals surface area contributed by atoms with Crippen LogP contribution in [-0.2, 0) is 65.4 Å². The normalized spacial score (nSPS) is 15.0. The lowest BCUT2D eigenvalue weighted by molar-refractivity contribution is -0.161. The first-order chi connectivity index (χ1) is 52.7. The molecule has 17 nitrogen and oxygen atoms in total. The van der Waals surface area contributed by atoms with Crippen molar-refractivity contribution in [1.82, 2.24) is 0 Å². The molecule has 0 rings (SSSR count). The lowest BCUT2D eigenvalue weighted by Gasteiger charge is -2.21. The Bertz CT molecular complexity index is 2910. The van der Waals surface area contributed by atoms with Crippen LogP contribution in [0, 0.1) is 0 Å². The lowest BCUT2D eigenvalue weighted by atomic mass is 10.1. The van der Waals surface area contributed by atoms with Gasteiger partial charge in [0.25, 0.3) is 0 Å². The Kier molecular flexibility index (Phi) is 73.7. The highest BCUT2D eigenvalue weighted by Gasteiger charge is 2.30. The minimum atomic E-state index is -5.03. The van der Waals surface area contributed by atoms with Crippen molar-refractivity contribution in [3.8, 4) is 0 Å². The molecule has 0 spiro atoms. The zero-order valence-corrected chi connectivity index (χ0v) is 68.0. The number of hydrogen-bond acceptors (Lipinski definition) is 15. The number of phosphoric acid groups is 2. The molecule has 0 bridgehead atoms. The van der Waals surface area contributed by atoms with E-state index in [1.54, 1.807) is 0 Å². The van der Waals surface area contributed by atoms with E-state index in [2.05, 4.69) is 216 Å². The molecule has 108 heavy (non-hydrogen) atoms. The van der Waals surface area contributed by atoms with Crippen LogP contribution in [0.15, 0.2) is 219 Å². The number of allylic oxidation sites excluding steroid dienone is 36. The smallest absolute Gasteiger partial charge is 0.462 e. The van der Waals surface area contributed by atoms with Crippen LogP contribution >= 0.6 is 15.6 Å². The summed E-state index contributed by atoms with van der Waals surface area (Å²) >= 11 is 0. The summed E-state index contributed by atoms with van der Waals surface area (Å²) in [5, 5.41) is 10.6. The molecule has 0 heterocycles. The summed E-state index contributed by atoms with van der Waals surface area (Å²) in [5.41, 5.74) is 0. The van der Waals surface area contributed by atoms with E-state index in [1.165, 1.54) is 0 Å². The van der Waals surface area contributed by atoms with E-state index in [-0.39, 0.29) is 25.7 Å². The maximum Gasteiger partial charge on any atom is 0.472 e. The fourth-order valence-electron chi connectivity index (χ4n) is 9.52. The molecule has 0 amide bonds. The number of hydrogen-bond donors (Lipinski definition) is 3. The van der Waals surface area contributed by atoms with Crippen LogP contribution in [-0.4, -0.2) is 96.7 Å². The quantitative estimate of drug-likeness (QED) is 0.0169. The maximum absolute atomic E-state index is 13.1. The molecule has 0 saturated carbocycles. The van der Waals surface area contributed by atoms with Crippen molar-refractivity contribution in [2.45, 2.75) is 277 Å². The first-order valence-corrected chi connectivity index (χ1v) is 43.0.